The highest BCUT2D eigenvalue weighted by atomic mass is 32.2. The van der Waals surface area contributed by atoms with Gasteiger partial charge < -0.3 is 15.4 Å². The summed E-state index contributed by atoms with van der Waals surface area (Å²) in [6.07, 6.45) is 0. The van der Waals surface area contributed by atoms with Gasteiger partial charge in [-0.1, -0.05) is 35.1 Å². The van der Waals surface area contributed by atoms with E-state index in [1.165, 1.54) is 23.1 Å². The van der Waals surface area contributed by atoms with Crippen LogP contribution < -0.4 is 15.4 Å². The Morgan fingerprint density at radius 1 is 1.06 bits per heavy atom. The van der Waals surface area contributed by atoms with Crippen molar-refractivity contribution in [1.29, 1.82) is 0 Å². The van der Waals surface area contributed by atoms with Gasteiger partial charge in [0.05, 0.1) is 22.1 Å². The molecular formula is C26H25N3O3S2. The van der Waals surface area contributed by atoms with Crippen LogP contribution in [0.2, 0.25) is 0 Å². The summed E-state index contributed by atoms with van der Waals surface area (Å²) in [4.78, 5) is 30.7. The number of carbonyl (C=O) groups excluding carboxylic acids is 2. The standard InChI is InChI=1S/C26H25N3O3S2/c1-4-32-20-11-12-22-23(15-20)34-26(28-22)29-24(30)17(3)33-21-10-6-9-19(14-21)27-25(31)18-8-5-7-16(2)13-18/h5-15,17H,4H2,1-3H3,(H,27,31)(H,28,29,30). The molecule has 174 valence electrons. The maximum Gasteiger partial charge on any atom is 0.255 e. The molecule has 0 aliphatic heterocycles. The van der Waals surface area contributed by atoms with Gasteiger partial charge in [0.25, 0.3) is 5.91 Å². The second-order valence-electron chi connectivity index (χ2n) is 7.68. The van der Waals surface area contributed by atoms with E-state index in [9.17, 15) is 9.59 Å². The number of amides is 2. The molecule has 2 amide bonds. The van der Waals surface area contributed by atoms with E-state index in [1.54, 1.807) is 6.07 Å². The third-order valence-electron chi connectivity index (χ3n) is 4.96. The van der Waals surface area contributed by atoms with Gasteiger partial charge in [0.1, 0.15) is 5.75 Å². The monoisotopic (exact) mass is 491 g/mol. The summed E-state index contributed by atoms with van der Waals surface area (Å²) >= 11 is 2.84. The van der Waals surface area contributed by atoms with Gasteiger partial charge in [-0.25, -0.2) is 4.98 Å². The number of benzene rings is 3. The molecule has 4 aromatic rings. The summed E-state index contributed by atoms with van der Waals surface area (Å²) < 4.78 is 6.49. The van der Waals surface area contributed by atoms with Gasteiger partial charge in [-0.05, 0) is 69.3 Å². The third kappa shape index (κ3) is 5.95. The smallest absolute Gasteiger partial charge is 0.255 e. The number of fused-ring (bicyclic) bond motifs is 1. The van der Waals surface area contributed by atoms with E-state index >= 15 is 0 Å². The van der Waals surface area contributed by atoms with Crippen LogP contribution in [-0.2, 0) is 4.79 Å². The molecular weight excluding hydrogens is 466 g/mol. The Morgan fingerprint density at radius 3 is 2.68 bits per heavy atom. The number of anilines is 2. The maximum absolute atomic E-state index is 12.8. The summed E-state index contributed by atoms with van der Waals surface area (Å²) in [6.45, 7) is 6.33. The molecule has 1 aromatic heterocycles. The van der Waals surface area contributed by atoms with Crippen LogP contribution in [0.3, 0.4) is 0 Å². The first-order chi connectivity index (χ1) is 16.4. The summed E-state index contributed by atoms with van der Waals surface area (Å²) in [5, 5.41) is 6.04. The molecule has 0 saturated carbocycles. The van der Waals surface area contributed by atoms with E-state index in [4.69, 9.17) is 4.74 Å². The van der Waals surface area contributed by atoms with Gasteiger partial charge in [-0.3, -0.25) is 9.59 Å². The molecule has 34 heavy (non-hydrogen) atoms. The number of aromatic nitrogens is 1. The summed E-state index contributed by atoms with van der Waals surface area (Å²) in [5.74, 6) is 0.484. The minimum atomic E-state index is -0.353. The molecule has 0 spiro atoms. The maximum atomic E-state index is 12.8. The van der Waals surface area contributed by atoms with Crippen molar-refractivity contribution in [3.8, 4) is 5.75 Å². The zero-order chi connectivity index (χ0) is 24.1. The Bertz CT molecular complexity index is 1340. The average Bonchev–Trinajstić information content (AvgIpc) is 3.21. The normalized spacial score (nSPS) is 11.7. The molecule has 1 atom stereocenters. The first-order valence-corrected chi connectivity index (χ1v) is 12.6. The van der Waals surface area contributed by atoms with Crippen molar-refractivity contribution in [3.63, 3.8) is 0 Å². The molecule has 6 nitrogen and oxygen atoms in total. The van der Waals surface area contributed by atoms with Crippen LogP contribution in [-0.4, -0.2) is 28.7 Å². The van der Waals surface area contributed by atoms with E-state index in [0.717, 1.165) is 26.4 Å². The zero-order valence-electron chi connectivity index (χ0n) is 19.1. The van der Waals surface area contributed by atoms with Gasteiger partial charge in [0, 0.05) is 16.1 Å². The number of nitrogens with one attached hydrogen (secondary N) is 2. The largest absolute Gasteiger partial charge is 0.494 e. The molecule has 8 heteroatoms. The van der Waals surface area contributed by atoms with Gasteiger partial charge in [-0.2, -0.15) is 0 Å². The van der Waals surface area contributed by atoms with Gasteiger partial charge in [0.15, 0.2) is 5.13 Å². The predicted molar refractivity (Wildman–Crippen MR) is 140 cm³/mol. The minimum absolute atomic E-state index is 0.136. The molecule has 0 fully saturated rings. The number of rotatable bonds is 8. The molecule has 0 radical (unpaired) electrons. The Labute approximate surface area is 206 Å². The lowest BCUT2D eigenvalue weighted by Gasteiger charge is -2.12. The molecule has 4 rings (SSSR count). The fraction of sp³-hybridized carbons (Fsp3) is 0.192. The number of ether oxygens (including phenoxy) is 1. The van der Waals surface area contributed by atoms with E-state index in [2.05, 4.69) is 15.6 Å². The lowest BCUT2D eigenvalue weighted by atomic mass is 10.1. The second kappa shape index (κ2) is 10.7. The van der Waals surface area contributed by atoms with Crippen molar-refractivity contribution in [1.82, 2.24) is 4.98 Å². The van der Waals surface area contributed by atoms with Gasteiger partial charge >= 0.3 is 0 Å². The Balaban J connectivity index is 1.38. The third-order valence-corrected chi connectivity index (χ3v) is 6.98. The van der Waals surface area contributed by atoms with E-state index < -0.39 is 0 Å². The number of carbonyl (C=O) groups is 2. The summed E-state index contributed by atoms with van der Waals surface area (Å²) in [5.41, 5.74) is 3.14. The predicted octanol–water partition coefficient (Wildman–Crippen LogP) is 6.38. The molecule has 1 heterocycles. The number of thioether (sulfide) groups is 1. The van der Waals surface area contributed by atoms with Crippen LogP contribution >= 0.6 is 23.1 Å². The molecule has 0 aliphatic carbocycles. The number of hydrogen-bond acceptors (Lipinski definition) is 6. The SMILES string of the molecule is CCOc1ccc2nc(NC(=O)C(C)Sc3cccc(NC(=O)c4cccc(C)c4)c3)sc2c1. The Hall–Kier alpha value is -3.36. The molecule has 1 unspecified atom stereocenters. The van der Waals surface area contributed by atoms with Crippen LogP contribution in [0.5, 0.6) is 5.75 Å². The van der Waals surface area contributed by atoms with Gasteiger partial charge in [0.2, 0.25) is 5.91 Å². The molecule has 2 N–H and O–H groups in total. The first-order valence-electron chi connectivity index (χ1n) is 10.9. The fourth-order valence-electron chi connectivity index (χ4n) is 3.32. The van der Waals surface area contributed by atoms with E-state index in [0.29, 0.717) is 23.0 Å². The molecule has 0 aliphatic rings. The number of nitrogens with zero attached hydrogens (tertiary/aromatic N) is 1. The summed E-state index contributed by atoms with van der Waals surface area (Å²) in [6, 6.07) is 20.6. The van der Waals surface area contributed by atoms with Crippen molar-refractivity contribution in [2.45, 2.75) is 30.9 Å². The van der Waals surface area contributed by atoms with Crippen molar-refractivity contribution in [2.75, 3.05) is 17.2 Å². The fourth-order valence-corrected chi connectivity index (χ4v) is 5.14. The highest BCUT2D eigenvalue weighted by Gasteiger charge is 2.17. The van der Waals surface area contributed by atoms with Gasteiger partial charge in [-0.15, -0.1) is 11.8 Å². The van der Waals surface area contributed by atoms with E-state index in [1.807, 2.05) is 81.4 Å². The average molecular weight is 492 g/mol. The quantitative estimate of drug-likeness (QED) is 0.280. The second-order valence-corrected chi connectivity index (χ2v) is 10.1. The van der Waals surface area contributed by atoms with Crippen molar-refractivity contribution in [2.24, 2.45) is 0 Å². The van der Waals surface area contributed by atoms with Crippen molar-refractivity contribution >= 4 is 55.9 Å². The zero-order valence-corrected chi connectivity index (χ0v) is 20.8. The topological polar surface area (TPSA) is 80.3 Å². The number of thiazole rings is 1. The number of aryl methyl sites for hydroxylation is 1. The first kappa shape index (κ1) is 23.8. The Kier molecular flexibility index (Phi) is 7.49. The molecule has 0 saturated heterocycles. The van der Waals surface area contributed by atoms with Crippen LogP contribution in [0.25, 0.3) is 10.2 Å². The van der Waals surface area contributed by atoms with Crippen LogP contribution in [0.4, 0.5) is 10.8 Å². The highest BCUT2D eigenvalue weighted by Crippen LogP contribution is 2.31. The van der Waals surface area contributed by atoms with Crippen LogP contribution in [0, 0.1) is 6.92 Å². The molecule has 0 bridgehead atoms. The van der Waals surface area contributed by atoms with Crippen molar-refractivity contribution in [3.05, 3.63) is 77.9 Å². The lowest BCUT2D eigenvalue weighted by Crippen LogP contribution is -2.22. The van der Waals surface area contributed by atoms with Crippen LogP contribution in [0.15, 0.2) is 71.6 Å². The Morgan fingerprint density at radius 2 is 1.88 bits per heavy atom. The van der Waals surface area contributed by atoms with E-state index in [-0.39, 0.29) is 17.1 Å². The minimum Gasteiger partial charge on any atom is -0.494 e. The van der Waals surface area contributed by atoms with Crippen molar-refractivity contribution < 1.29 is 14.3 Å². The lowest BCUT2D eigenvalue weighted by molar-refractivity contribution is -0.115. The number of hydrogen-bond donors (Lipinski definition) is 2. The van der Waals surface area contributed by atoms with Crippen LogP contribution in [0.1, 0.15) is 29.8 Å². The highest BCUT2D eigenvalue weighted by molar-refractivity contribution is 8.00. The summed E-state index contributed by atoms with van der Waals surface area (Å²) in [7, 11) is 0. The molecule has 3 aromatic carbocycles.